The van der Waals surface area contributed by atoms with E-state index in [-0.39, 0.29) is 0 Å². The Morgan fingerprint density at radius 3 is 2.73 bits per heavy atom. The highest BCUT2D eigenvalue weighted by Gasteiger charge is 2.44. The molecule has 1 saturated heterocycles. The molecule has 2 fully saturated rings. The van der Waals surface area contributed by atoms with E-state index in [1.165, 1.54) is 25.7 Å². The Balaban J connectivity index is 1.29. The van der Waals surface area contributed by atoms with Gasteiger partial charge in [0.15, 0.2) is 5.82 Å². The van der Waals surface area contributed by atoms with E-state index in [4.69, 9.17) is 4.74 Å². The van der Waals surface area contributed by atoms with Gasteiger partial charge in [-0.25, -0.2) is 9.67 Å². The summed E-state index contributed by atoms with van der Waals surface area (Å²) in [5.41, 5.74) is 1.61. The van der Waals surface area contributed by atoms with Gasteiger partial charge in [0.2, 0.25) is 0 Å². The van der Waals surface area contributed by atoms with Gasteiger partial charge in [-0.05, 0) is 43.2 Å². The fourth-order valence-corrected chi connectivity index (χ4v) is 3.66. The Kier molecular flexibility index (Phi) is 3.68. The summed E-state index contributed by atoms with van der Waals surface area (Å²) in [7, 11) is 0. The van der Waals surface area contributed by atoms with Gasteiger partial charge in [0.1, 0.15) is 6.33 Å². The normalized spacial score (nSPS) is 20.9. The van der Waals surface area contributed by atoms with Crippen LogP contribution < -0.4 is 5.32 Å². The standard InChI is InChI=1S/C17H22N4O/c1-2-4-15(5-3-1)21-13-19-16(20-21)12-18-14-10-17(11-14)6-8-22-9-7-17/h1-5,13-14,18H,6-12H2. The lowest BCUT2D eigenvalue weighted by molar-refractivity contribution is -0.0455. The number of nitrogens with one attached hydrogen (secondary N) is 1. The van der Waals surface area contributed by atoms with Crippen molar-refractivity contribution in [3.63, 3.8) is 0 Å². The molecule has 5 nitrogen and oxygen atoms in total. The van der Waals surface area contributed by atoms with E-state index in [2.05, 4.69) is 15.4 Å². The van der Waals surface area contributed by atoms with Gasteiger partial charge in [-0.15, -0.1) is 5.10 Å². The van der Waals surface area contributed by atoms with E-state index in [1.54, 1.807) is 6.33 Å². The first kappa shape index (κ1) is 13.9. The van der Waals surface area contributed by atoms with Gasteiger partial charge in [-0.2, -0.15) is 0 Å². The maximum Gasteiger partial charge on any atom is 0.164 e. The maximum absolute atomic E-state index is 5.47. The number of aromatic nitrogens is 3. The molecule has 4 rings (SSSR count). The second-order valence-electron chi connectivity index (χ2n) is 6.54. The van der Waals surface area contributed by atoms with Crippen LogP contribution in [0.25, 0.3) is 5.69 Å². The van der Waals surface area contributed by atoms with Crippen LogP contribution in [0.3, 0.4) is 0 Å². The van der Waals surface area contributed by atoms with Gasteiger partial charge in [0, 0.05) is 19.3 Å². The highest BCUT2D eigenvalue weighted by molar-refractivity contribution is 5.29. The molecule has 1 spiro atoms. The molecule has 0 amide bonds. The largest absolute Gasteiger partial charge is 0.381 e. The summed E-state index contributed by atoms with van der Waals surface area (Å²) in [4.78, 5) is 4.40. The van der Waals surface area contributed by atoms with Crippen LogP contribution in [-0.4, -0.2) is 34.0 Å². The number of nitrogens with zero attached hydrogens (tertiary/aromatic N) is 3. The Hall–Kier alpha value is -1.72. The first-order chi connectivity index (χ1) is 10.8. The molecule has 0 radical (unpaired) electrons. The van der Waals surface area contributed by atoms with Crippen molar-refractivity contribution in [2.75, 3.05) is 13.2 Å². The van der Waals surface area contributed by atoms with E-state index >= 15 is 0 Å². The molecule has 1 aromatic carbocycles. The molecule has 0 bridgehead atoms. The third-order valence-corrected chi connectivity index (χ3v) is 5.02. The molecule has 0 unspecified atom stereocenters. The zero-order valence-electron chi connectivity index (χ0n) is 12.7. The minimum absolute atomic E-state index is 0.562. The summed E-state index contributed by atoms with van der Waals surface area (Å²) < 4.78 is 7.30. The number of para-hydroxylation sites is 1. The topological polar surface area (TPSA) is 52.0 Å². The molecule has 2 aromatic rings. The molecule has 22 heavy (non-hydrogen) atoms. The average Bonchev–Trinajstić information content (AvgIpc) is 3.02. The Bertz CT molecular complexity index is 611. The molecule has 116 valence electrons. The fourth-order valence-electron chi connectivity index (χ4n) is 3.66. The third kappa shape index (κ3) is 2.78. The average molecular weight is 298 g/mol. The van der Waals surface area contributed by atoms with E-state index in [0.717, 1.165) is 31.3 Å². The number of hydrogen-bond donors (Lipinski definition) is 1. The van der Waals surface area contributed by atoms with Crippen molar-refractivity contribution in [1.82, 2.24) is 20.1 Å². The molecule has 1 aliphatic heterocycles. The van der Waals surface area contributed by atoms with Crippen molar-refractivity contribution >= 4 is 0 Å². The predicted octanol–water partition coefficient (Wildman–Crippen LogP) is 2.32. The first-order valence-corrected chi connectivity index (χ1v) is 8.10. The minimum atomic E-state index is 0.562. The Labute approximate surface area is 130 Å². The van der Waals surface area contributed by atoms with Crippen molar-refractivity contribution in [3.8, 4) is 5.69 Å². The van der Waals surface area contributed by atoms with E-state index < -0.39 is 0 Å². The summed E-state index contributed by atoms with van der Waals surface area (Å²) in [6, 6.07) is 10.7. The van der Waals surface area contributed by atoms with E-state index in [0.29, 0.717) is 11.5 Å². The van der Waals surface area contributed by atoms with Crippen LogP contribution in [0.2, 0.25) is 0 Å². The van der Waals surface area contributed by atoms with Gasteiger partial charge in [0.05, 0.1) is 12.2 Å². The molecule has 2 heterocycles. The van der Waals surface area contributed by atoms with Gasteiger partial charge < -0.3 is 10.1 Å². The number of hydrogen-bond acceptors (Lipinski definition) is 4. The molecule has 1 N–H and O–H groups in total. The third-order valence-electron chi connectivity index (χ3n) is 5.02. The number of rotatable bonds is 4. The zero-order valence-corrected chi connectivity index (χ0v) is 12.7. The molecule has 5 heteroatoms. The molecular formula is C17H22N4O. The second kappa shape index (κ2) is 5.82. The summed E-state index contributed by atoms with van der Waals surface area (Å²) >= 11 is 0. The summed E-state index contributed by atoms with van der Waals surface area (Å²) in [5, 5.41) is 8.13. The Morgan fingerprint density at radius 1 is 1.18 bits per heavy atom. The smallest absolute Gasteiger partial charge is 0.164 e. The van der Waals surface area contributed by atoms with Gasteiger partial charge >= 0.3 is 0 Å². The quantitative estimate of drug-likeness (QED) is 0.941. The highest BCUT2D eigenvalue weighted by atomic mass is 16.5. The molecular weight excluding hydrogens is 276 g/mol. The summed E-state index contributed by atoms with van der Waals surface area (Å²) in [6.45, 7) is 2.63. The van der Waals surface area contributed by atoms with Gasteiger partial charge in [0.25, 0.3) is 0 Å². The van der Waals surface area contributed by atoms with Crippen molar-refractivity contribution < 1.29 is 4.74 Å². The van der Waals surface area contributed by atoms with E-state index in [1.807, 2.05) is 35.0 Å². The molecule has 0 atom stereocenters. The second-order valence-corrected chi connectivity index (χ2v) is 6.54. The van der Waals surface area contributed by atoms with Crippen molar-refractivity contribution in [2.45, 2.75) is 38.3 Å². The highest BCUT2D eigenvalue weighted by Crippen LogP contribution is 2.48. The van der Waals surface area contributed by atoms with Crippen LogP contribution in [0.4, 0.5) is 0 Å². The monoisotopic (exact) mass is 298 g/mol. The first-order valence-electron chi connectivity index (χ1n) is 8.10. The number of benzene rings is 1. The van der Waals surface area contributed by atoms with Gasteiger partial charge in [-0.1, -0.05) is 18.2 Å². The zero-order chi connectivity index (χ0) is 14.8. The number of ether oxygens (including phenoxy) is 1. The molecule has 1 aliphatic carbocycles. The summed E-state index contributed by atoms with van der Waals surface area (Å²) in [6.07, 6.45) is 6.79. The van der Waals surface area contributed by atoms with Gasteiger partial charge in [-0.3, -0.25) is 0 Å². The SMILES string of the molecule is c1ccc(-n2cnc(CNC3CC4(CCOCC4)C3)n2)cc1. The lowest BCUT2D eigenvalue weighted by Gasteiger charge is -2.50. The predicted molar refractivity (Wildman–Crippen MR) is 83.7 cm³/mol. The minimum Gasteiger partial charge on any atom is -0.381 e. The van der Waals surface area contributed by atoms with Crippen LogP contribution in [0.1, 0.15) is 31.5 Å². The van der Waals surface area contributed by atoms with E-state index in [9.17, 15) is 0 Å². The van der Waals surface area contributed by atoms with Crippen LogP contribution in [0.15, 0.2) is 36.7 Å². The summed E-state index contributed by atoms with van der Waals surface area (Å²) in [5.74, 6) is 0.858. The van der Waals surface area contributed by atoms with Crippen molar-refractivity contribution in [2.24, 2.45) is 5.41 Å². The molecule has 2 aliphatic rings. The van der Waals surface area contributed by atoms with Crippen molar-refractivity contribution in [3.05, 3.63) is 42.5 Å². The maximum atomic E-state index is 5.47. The molecule has 1 aromatic heterocycles. The van der Waals surface area contributed by atoms with Crippen LogP contribution in [0.5, 0.6) is 0 Å². The fraction of sp³-hybridized carbons (Fsp3) is 0.529. The molecule has 1 saturated carbocycles. The van der Waals surface area contributed by atoms with Crippen LogP contribution in [0, 0.1) is 5.41 Å². The van der Waals surface area contributed by atoms with Crippen molar-refractivity contribution in [1.29, 1.82) is 0 Å². The lowest BCUT2D eigenvalue weighted by atomic mass is 9.61. The lowest BCUT2D eigenvalue weighted by Crippen LogP contribution is -2.51. The van der Waals surface area contributed by atoms with Crippen LogP contribution in [-0.2, 0) is 11.3 Å². The Morgan fingerprint density at radius 2 is 1.95 bits per heavy atom. The van der Waals surface area contributed by atoms with Crippen LogP contribution >= 0.6 is 0 Å².